The number of benzene rings is 1. The van der Waals surface area contributed by atoms with Gasteiger partial charge in [-0.15, -0.1) is 0 Å². The lowest BCUT2D eigenvalue weighted by Gasteiger charge is -2.46. The first-order chi connectivity index (χ1) is 10.1. The van der Waals surface area contributed by atoms with Gasteiger partial charge in [-0.2, -0.15) is 0 Å². The summed E-state index contributed by atoms with van der Waals surface area (Å²) >= 11 is 0. The molecule has 1 aromatic rings. The monoisotopic (exact) mass is 289 g/mol. The van der Waals surface area contributed by atoms with Gasteiger partial charge >= 0.3 is 0 Å². The van der Waals surface area contributed by atoms with Crippen LogP contribution in [0.25, 0.3) is 0 Å². The number of anilines is 1. The first-order valence-electron chi connectivity index (χ1n) is 8.10. The average molecular weight is 289 g/mol. The molecule has 0 saturated carbocycles. The second-order valence-electron chi connectivity index (χ2n) is 6.64. The second kappa shape index (κ2) is 6.34. The molecule has 0 amide bonds. The van der Waals surface area contributed by atoms with Crippen molar-refractivity contribution in [3.63, 3.8) is 0 Å². The number of nitrogen functional groups attached to an aromatic ring is 1. The van der Waals surface area contributed by atoms with Gasteiger partial charge in [0.25, 0.3) is 0 Å². The van der Waals surface area contributed by atoms with E-state index in [4.69, 9.17) is 5.73 Å². The van der Waals surface area contributed by atoms with Gasteiger partial charge in [-0.25, -0.2) is 0 Å². The highest BCUT2D eigenvalue weighted by molar-refractivity contribution is 5.47. The van der Waals surface area contributed by atoms with E-state index in [0.29, 0.717) is 12.2 Å². The van der Waals surface area contributed by atoms with Crippen LogP contribution >= 0.6 is 0 Å². The number of aliphatic hydroxyl groups is 1. The molecular weight excluding hydrogens is 262 g/mol. The smallest absolute Gasteiger partial charge is 0.0936 e. The van der Waals surface area contributed by atoms with Crippen LogP contribution < -0.4 is 5.73 Å². The molecule has 2 aliphatic rings. The highest BCUT2D eigenvalue weighted by Gasteiger charge is 2.34. The largest absolute Gasteiger partial charge is 0.398 e. The third kappa shape index (κ3) is 3.23. The molecule has 2 aliphatic heterocycles. The molecule has 2 fully saturated rings. The molecule has 3 N–H and O–H groups in total. The Morgan fingerprint density at radius 2 is 2.10 bits per heavy atom. The number of rotatable bonds is 3. The zero-order valence-corrected chi connectivity index (χ0v) is 12.9. The lowest BCUT2D eigenvalue weighted by molar-refractivity contribution is 0.0175. The van der Waals surface area contributed by atoms with Gasteiger partial charge in [0.05, 0.1) is 6.10 Å². The number of aliphatic hydroxyl groups excluding tert-OH is 1. The van der Waals surface area contributed by atoms with Crippen LogP contribution in [0.4, 0.5) is 5.69 Å². The molecule has 2 saturated heterocycles. The van der Waals surface area contributed by atoms with Crippen LogP contribution in [0.2, 0.25) is 0 Å². The number of hydrogen-bond acceptors (Lipinski definition) is 4. The summed E-state index contributed by atoms with van der Waals surface area (Å²) in [6.45, 7) is 4.12. The molecule has 116 valence electrons. The third-order valence-corrected chi connectivity index (χ3v) is 5.22. The maximum Gasteiger partial charge on any atom is 0.0936 e. The Kier molecular flexibility index (Phi) is 4.48. The predicted molar refractivity (Wildman–Crippen MR) is 86.0 cm³/mol. The van der Waals surface area contributed by atoms with E-state index in [0.717, 1.165) is 30.6 Å². The zero-order valence-electron chi connectivity index (χ0n) is 12.9. The molecule has 21 heavy (non-hydrogen) atoms. The number of nitrogens with zero attached hydrogens (tertiary/aromatic N) is 2. The topological polar surface area (TPSA) is 52.7 Å². The van der Waals surface area contributed by atoms with Gasteiger partial charge in [0.1, 0.15) is 0 Å². The van der Waals surface area contributed by atoms with Gasteiger partial charge in [0.2, 0.25) is 0 Å². The molecule has 3 atom stereocenters. The summed E-state index contributed by atoms with van der Waals surface area (Å²) in [5.41, 5.74) is 7.52. The Morgan fingerprint density at radius 1 is 1.29 bits per heavy atom. The van der Waals surface area contributed by atoms with E-state index in [9.17, 15) is 5.11 Å². The number of hydrogen-bond donors (Lipinski definition) is 2. The average Bonchev–Trinajstić information content (AvgIpc) is 2.48. The SMILES string of the molecule is CN1CCCC2CN(CC(O)c3ccccc3N)CCC21. The summed E-state index contributed by atoms with van der Waals surface area (Å²) < 4.78 is 0. The molecular formula is C17H27N3O. The molecule has 4 heteroatoms. The van der Waals surface area contributed by atoms with Crippen LogP contribution in [0.5, 0.6) is 0 Å². The zero-order chi connectivity index (χ0) is 14.8. The maximum absolute atomic E-state index is 10.5. The van der Waals surface area contributed by atoms with Crippen LogP contribution in [0, 0.1) is 5.92 Å². The Hall–Kier alpha value is -1.10. The van der Waals surface area contributed by atoms with E-state index >= 15 is 0 Å². The quantitative estimate of drug-likeness (QED) is 0.832. The summed E-state index contributed by atoms with van der Waals surface area (Å²) in [6.07, 6.45) is 3.37. The van der Waals surface area contributed by atoms with Crippen molar-refractivity contribution < 1.29 is 5.11 Å². The summed E-state index contributed by atoms with van der Waals surface area (Å²) in [5, 5.41) is 10.5. The molecule has 3 unspecified atom stereocenters. The van der Waals surface area contributed by atoms with Gasteiger partial charge in [-0.1, -0.05) is 18.2 Å². The number of likely N-dealkylation sites (tertiary alicyclic amines) is 2. The van der Waals surface area contributed by atoms with E-state index in [-0.39, 0.29) is 0 Å². The number of fused-ring (bicyclic) bond motifs is 1. The van der Waals surface area contributed by atoms with Gasteiger partial charge in [0.15, 0.2) is 0 Å². The predicted octanol–water partition coefficient (Wildman–Crippen LogP) is 1.72. The Balaban J connectivity index is 1.60. The van der Waals surface area contributed by atoms with Gasteiger partial charge < -0.3 is 20.6 Å². The number of nitrogens with two attached hydrogens (primary N) is 1. The van der Waals surface area contributed by atoms with Crippen molar-refractivity contribution in [2.24, 2.45) is 5.92 Å². The molecule has 0 bridgehead atoms. The maximum atomic E-state index is 10.5. The minimum Gasteiger partial charge on any atom is -0.398 e. The van der Waals surface area contributed by atoms with Crippen molar-refractivity contribution >= 4 is 5.69 Å². The molecule has 2 heterocycles. The highest BCUT2D eigenvalue weighted by atomic mass is 16.3. The second-order valence-corrected chi connectivity index (χ2v) is 6.64. The minimum absolute atomic E-state index is 0.482. The van der Waals surface area contributed by atoms with E-state index in [1.165, 1.54) is 25.8 Å². The van der Waals surface area contributed by atoms with Crippen LogP contribution in [0.15, 0.2) is 24.3 Å². The first-order valence-corrected chi connectivity index (χ1v) is 8.10. The van der Waals surface area contributed by atoms with Crippen molar-refractivity contribution in [3.8, 4) is 0 Å². The van der Waals surface area contributed by atoms with E-state index in [1.54, 1.807) is 0 Å². The minimum atomic E-state index is -0.482. The highest BCUT2D eigenvalue weighted by Crippen LogP contribution is 2.30. The molecule has 0 radical (unpaired) electrons. The van der Waals surface area contributed by atoms with E-state index in [2.05, 4.69) is 16.8 Å². The summed E-state index contributed by atoms with van der Waals surface area (Å²) in [4.78, 5) is 4.94. The first kappa shape index (κ1) is 14.8. The van der Waals surface area contributed by atoms with Crippen LogP contribution in [-0.2, 0) is 0 Å². The fraction of sp³-hybridized carbons (Fsp3) is 0.647. The molecule has 0 spiro atoms. The third-order valence-electron chi connectivity index (χ3n) is 5.22. The number of β-amino-alcohol motifs (C(OH)–C–C–N with tert-alkyl or cyclic N) is 1. The Morgan fingerprint density at radius 3 is 2.90 bits per heavy atom. The molecule has 0 aromatic heterocycles. The summed E-state index contributed by atoms with van der Waals surface area (Å²) in [7, 11) is 2.26. The molecule has 4 nitrogen and oxygen atoms in total. The fourth-order valence-electron chi connectivity index (χ4n) is 4.05. The van der Waals surface area contributed by atoms with Crippen LogP contribution in [0.1, 0.15) is 30.9 Å². The number of para-hydroxylation sites is 1. The van der Waals surface area contributed by atoms with E-state index < -0.39 is 6.10 Å². The Bertz CT molecular complexity index is 479. The normalized spacial score (nSPS) is 29.0. The van der Waals surface area contributed by atoms with E-state index in [1.807, 2.05) is 24.3 Å². The fourth-order valence-corrected chi connectivity index (χ4v) is 4.05. The van der Waals surface area contributed by atoms with Crippen LogP contribution in [0.3, 0.4) is 0 Å². The standard InChI is InChI=1S/C17H27N3O/c1-19-9-4-5-13-11-20(10-8-16(13)19)12-17(21)14-6-2-3-7-15(14)18/h2-3,6-7,13,16-17,21H,4-5,8-12,18H2,1H3. The Labute approximate surface area is 127 Å². The van der Waals surface area contributed by atoms with Crippen LogP contribution in [-0.4, -0.2) is 54.2 Å². The molecule has 3 rings (SSSR count). The van der Waals surface area contributed by atoms with Crippen molar-refractivity contribution in [3.05, 3.63) is 29.8 Å². The number of piperidine rings is 2. The van der Waals surface area contributed by atoms with Crippen molar-refractivity contribution in [1.29, 1.82) is 0 Å². The van der Waals surface area contributed by atoms with Gasteiger partial charge in [0, 0.05) is 30.4 Å². The summed E-state index contributed by atoms with van der Waals surface area (Å²) in [6, 6.07) is 8.39. The summed E-state index contributed by atoms with van der Waals surface area (Å²) in [5.74, 6) is 0.762. The van der Waals surface area contributed by atoms with Gasteiger partial charge in [-0.05, 0) is 51.4 Å². The van der Waals surface area contributed by atoms with Crippen molar-refractivity contribution in [2.45, 2.75) is 31.4 Å². The molecule has 0 aliphatic carbocycles. The molecule has 1 aromatic carbocycles. The van der Waals surface area contributed by atoms with Crippen molar-refractivity contribution in [2.75, 3.05) is 39.0 Å². The lowest BCUT2D eigenvalue weighted by Crippen LogP contribution is -2.53. The van der Waals surface area contributed by atoms with Crippen molar-refractivity contribution in [1.82, 2.24) is 9.80 Å². The lowest BCUT2D eigenvalue weighted by atomic mass is 9.84. The van der Waals surface area contributed by atoms with Gasteiger partial charge in [-0.3, -0.25) is 0 Å².